The number of hydrogen-bond donors (Lipinski definition) is 1. The molecule has 0 saturated heterocycles. The maximum Gasteiger partial charge on any atom is 0.252 e. The first-order valence-electron chi connectivity index (χ1n) is 5.45. The SMILES string of the molecule is NCc1ccnc2nc(-c3ccccc3F)nn12. The van der Waals surface area contributed by atoms with Gasteiger partial charge in [-0.2, -0.15) is 9.50 Å². The average molecular weight is 243 g/mol. The molecule has 90 valence electrons. The van der Waals surface area contributed by atoms with Crippen molar-refractivity contribution in [1.29, 1.82) is 0 Å². The van der Waals surface area contributed by atoms with Crippen LogP contribution in [0.1, 0.15) is 5.69 Å². The van der Waals surface area contributed by atoms with Crippen LogP contribution in [-0.4, -0.2) is 19.6 Å². The Morgan fingerprint density at radius 3 is 2.83 bits per heavy atom. The summed E-state index contributed by atoms with van der Waals surface area (Å²) in [5.74, 6) is 0.361. The molecule has 2 aromatic heterocycles. The average Bonchev–Trinajstić information content (AvgIpc) is 2.82. The van der Waals surface area contributed by atoms with Gasteiger partial charge < -0.3 is 5.73 Å². The van der Waals surface area contributed by atoms with Crippen molar-refractivity contribution in [3.05, 3.63) is 48.0 Å². The lowest BCUT2D eigenvalue weighted by molar-refractivity contribution is 0.630. The topological polar surface area (TPSA) is 69.1 Å². The largest absolute Gasteiger partial charge is 0.325 e. The van der Waals surface area contributed by atoms with Gasteiger partial charge in [0.05, 0.1) is 11.3 Å². The Bertz CT molecular complexity index is 707. The molecule has 3 rings (SSSR count). The van der Waals surface area contributed by atoms with Crippen molar-refractivity contribution >= 4 is 5.78 Å². The van der Waals surface area contributed by atoms with Crippen molar-refractivity contribution < 1.29 is 4.39 Å². The lowest BCUT2D eigenvalue weighted by Crippen LogP contribution is -2.05. The smallest absolute Gasteiger partial charge is 0.252 e. The summed E-state index contributed by atoms with van der Waals surface area (Å²) in [6, 6.07) is 8.12. The summed E-state index contributed by atoms with van der Waals surface area (Å²) in [6.45, 7) is 0.319. The molecule has 0 fully saturated rings. The highest BCUT2D eigenvalue weighted by molar-refractivity contribution is 5.57. The molecule has 18 heavy (non-hydrogen) atoms. The Morgan fingerprint density at radius 2 is 2.06 bits per heavy atom. The van der Waals surface area contributed by atoms with E-state index in [2.05, 4.69) is 15.1 Å². The molecule has 0 aliphatic carbocycles. The van der Waals surface area contributed by atoms with Crippen LogP contribution in [0.2, 0.25) is 0 Å². The molecule has 6 heteroatoms. The van der Waals surface area contributed by atoms with Gasteiger partial charge in [-0.25, -0.2) is 9.37 Å². The fraction of sp³-hybridized carbons (Fsp3) is 0.0833. The molecule has 0 radical (unpaired) electrons. The molecule has 0 aliphatic heterocycles. The highest BCUT2D eigenvalue weighted by atomic mass is 19.1. The highest BCUT2D eigenvalue weighted by Gasteiger charge is 2.12. The quantitative estimate of drug-likeness (QED) is 0.738. The zero-order chi connectivity index (χ0) is 12.5. The molecule has 0 bridgehead atoms. The summed E-state index contributed by atoms with van der Waals surface area (Å²) in [6.07, 6.45) is 1.61. The molecule has 1 aromatic carbocycles. The van der Waals surface area contributed by atoms with Crippen LogP contribution in [0.15, 0.2) is 36.5 Å². The van der Waals surface area contributed by atoms with Crippen LogP contribution >= 0.6 is 0 Å². The van der Waals surface area contributed by atoms with Crippen molar-refractivity contribution in [3.8, 4) is 11.4 Å². The Balaban J connectivity index is 2.23. The van der Waals surface area contributed by atoms with Gasteiger partial charge in [0, 0.05) is 12.7 Å². The monoisotopic (exact) mass is 243 g/mol. The Hall–Kier alpha value is -2.34. The van der Waals surface area contributed by atoms with Crippen LogP contribution in [0.25, 0.3) is 17.2 Å². The van der Waals surface area contributed by atoms with Gasteiger partial charge in [0.2, 0.25) is 0 Å². The number of halogens is 1. The van der Waals surface area contributed by atoms with Crippen LogP contribution in [0.5, 0.6) is 0 Å². The van der Waals surface area contributed by atoms with Gasteiger partial charge in [-0.05, 0) is 18.2 Å². The van der Waals surface area contributed by atoms with Crippen LogP contribution < -0.4 is 5.73 Å². The molecule has 0 aliphatic rings. The number of rotatable bonds is 2. The van der Waals surface area contributed by atoms with E-state index in [1.165, 1.54) is 10.6 Å². The van der Waals surface area contributed by atoms with E-state index in [0.29, 0.717) is 23.7 Å². The Labute approximate surface area is 102 Å². The van der Waals surface area contributed by atoms with Crippen molar-refractivity contribution in [2.45, 2.75) is 6.54 Å². The minimum Gasteiger partial charge on any atom is -0.325 e. The lowest BCUT2D eigenvalue weighted by atomic mass is 10.2. The van der Waals surface area contributed by atoms with Gasteiger partial charge in [0.1, 0.15) is 5.82 Å². The van der Waals surface area contributed by atoms with E-state index in [9.17, 15) is 4.39 Å². The van der Waals surface area contributed by atoms with Crippen LogP contribution in [-0.2, 0) is 6.54 Å². The minimum absolute atomic E-state index is 0.307. The normalized spacial score (nSPS) is 11.0. The van der Waals surface area contributed by atoms with E-state index in [-0.39, 0.29) is 5.82 Å². The molecular weight excluding hydrogens is 233 g/mol. The number of fused-ring (bicyclic) bond motifs is 1. The third-order valence-electron chi connectivity index (χ3n) is 2.64. The van der Waals surface area contributed by atoms with Gasteiger partial charge in [-0.3, -0.25) is 0 Å². The van der Waals surface area contributed by atoms with E-state index in [4.69, 9.17) is 5.73 Å². The standard InChI is InChI=1S/C12H10FN5/c13-10-4-2-1-3-9(10)11-16-12-15-6-5-8(7-14)18(12)17-11/h1-6H,7,14H2. The van der Waals surface area contributed by atoms with Gasteiger partial charge >= 0.3 is 0 Å². The van der Waals surface area contributed by atoms with Crippen molar-refractivity contribution in [3.63, 3.8) is 0 Å². The summed E-state index contributed by atoms with van der Waals surface area (Å²) in [7, 11) is 0. The molecule has 2 N–H and O–H groups in total. The van der Waals surface area contributed by atoms with Crippen molar-refractivity contribution in [2.24, 2.45) is 5.73 Å². The first kappa shape index (κ1) is 10.8. The fourth-order valence-corrected chi connectivity index (χ4v) is 1.75. The molecular formula is C12H10FN5. The molecule has 3 aromatic rings. The second-order valence-corrected chi connectivity index (χ2v) is 3.77. The third kappa shape index (κ3) is 1.63. The van der Waals surface area contributed by atoms with Crippen LogP contribution in [0, 0.1) is 5.82 Å². The first-order valence-corrected chi connectivity index (χ1v) is 5.45. The molecule has 0 amide bonds. The van der Waals surface area contributed by atoms with Crippen molar-refractivity contribution in [2.75, 3.05) is 0 Å². The minimum atomic E-state index is -0.359. The fourth-order valence-electron chi connectivity index (χ4n) is 1.75. The van der Waals surface area contributed by atoms with E-state index in [1.807, 2.05) is 0 Å². The van der Waals surface area contributed by atoms with Gasteiger partial charge in [0.15, 0.2) is 5.82 Å². The van der Waals surface area contributed by atoms with E-state index >= 15 is 0 Å². The summed E-state index contributed by atoms with van der Waals surface area (Å²) in [4.78, 5) is 8.27. The summed E-state index contributed by atoms with van der Waals surface area (Å²) < 4.78 is 15.2. The molecule has 5 nitrogen and oxygen atoms in total. The van der Waals surface area contributed by atoms with E-state index < -0.39 is 0 Å². The molecule has 0 atom stereocenters. The first-order chi connectivity index (χ1) is 8.79. The van der Waals surface area contributed by atoms with Gasteiger partial charge in [0.25, 0.3) is 5.78 Å². The number of hydrogen-bond acceptors (Lipinski definition) is 4. The number of nitrogens with zero attached hydrogens (tertiary/aromatic N) is 4. The lowest BCUT2D eigenvalue weighted by Gasteiger charge is -1.98. The van der Waals surface area contributed by atoms with E-state index in [1.54, 1.807) is 30.5 Å². The molecule has 0 saturated carbocycles. The molecule has 2 heterocycles. The zero-order valence-corrected chi connectivity index (χ0v) is 9.42. The van der Waals surface area contributed by atoms with Crippen LogP contribution in [0.4, 0.5) is 4.39 Å². The maximum atomic E-state index is 13.7. The van der Waals surface area contributed by atoms with Crippen molar-refractivity contribution in [1.82, 2.24) is 19.6 Å². The number of nitrogens with two attached hydrogens (primary N) is 1. The Kier molecular flexibility index (Phi) is 2.49. The second kappa shape index (κ2) is 4.15. The predicted octanol–water partition coefficient (Wildman–Crippen LogP) is 1.39. The highest BCUT2D eigenvalue weighted by Crippen LogP contribution is 2.19. The van der Waals surface area contributed by atoms with Crippen LogP contribution in [0.3, 0.4) is 0 Å². The molecule has 0 spiro atoms. The maximum absolute atomic E-state index is 13.7. The van der Waals surface area contributed by atoms with E-state index in [0.717, 1.165) is 5.69 Å². The zero-order valence-electron chi connectivity index (χ0n) is 9.42. The number of benzene rings is 1. The predicted molar refractivity (Wildman–Crippen MR) is 64.1 cm³/mol. The molecule has 0 unspecified atom stereocenters. The summed E-state index contributed by atoms with van der Waals surface area (Å²) in [5.41, 5.74) is 6.73. The summed E-state index contributed by atoms with van der Waals surface area (Å²) in [5, 5.41) is 4.24. The Morgan fingerprint density at radius 1 is 1.22 bits per heavy atom. The number of aromatic nitrogens is 4. The van der Waals surface area contributed by atoms with Gasteiger partial charge in [-0.15, -0.1) is 5.10 Å². The summed E-state index contributed by atoms with van der Waals surface area (Å²) >= 11 is 0. The van der Waals surface area contributed by atoms with Gasteiger partial charge in [-0.1, -0.05) is 12.1 Å². The third-order valence-corrected chi connectivity index (χ3v) is 2.64. The second-order valence-electron chi connectivity index (χ2n) is 3.77.